The van der Waals surface area contributed by atoms with Crippen molar-refractivity contribution < 1.29 is 14.7 Å². The predicted octanol–water partition coefficient (Wildman–Crippen LogP) is 2.03. The maximum atomic E-state index is 12.6. The first kappa shape index (κ1) is 15.6. The van der Waals surface area contributed by atoms with Gasteiger partial charge in [-0.05, 0) is 51.2 Å². The zero-order valence-electron chi connectivity index (χ0n) is 13.4. The summed E-state index contributed by atoms with van der Waals surface area (Å²) in [6, 6.07) is 7.38. The highest BCUT2D eigenvalue weighted by molar-refractivity contribution is 6.00. The number of likely N-dealkylation sites (tertiary alicyclic amines) is 1. The normalized spacial score (nSPS) is 16.2. The molecule has 1 aromatic heterocycles. The quantitative estimate of drug-likeness (QED) is 0.908. The zero-order chi connectivity index (χ0) is 16.6. The SMILES string of the molecule is CN(C)C1CCN(C(=O)c2ccc3[nH]c(C(=O)O)cc3c2)CC1. The molecule has 2 aromatic rings. The van der Waals surface area contributed by atoms with Crippen LogP contribution in [0.1, 0.15) is 33.7 Å². The maximum absolute atomic E-state index is 12.6. The highest BCUT2D eigenvalue weighted by Gasteiger charge is 2.24. The van der Waals surface area contributed by atoms with E-state index in [9.17, 15) is 9.59 Å². The molecule has 1 saturated heterocycles. The lowest BCUT2D eigenvalue weighted by molar-refractivity contribution is 0.0661. The fraction of sp³-hybridized carbons (Fsp3) is 0.412. The van der Waals surface area contributed by atoms with Gasteiger partial charge in [0.1, 0.15) is 5.69 Å². The van der Waals surface area contributed by atoms with Crippen molar-refractivity contribution in [3.05, 3.63) is 35.5 Å². The second-order valence-corrected chi connectivity index (χ2v) is 6.28. The van der Waals surface area contributed by atoms with Gasteiger partial charge in [0, 0.05) is 35.6 Å². The van der Waals surface area contributed by atoms with Crippen LogP contribution >= 0.6 is 0 Å². The van der Waals surface area contributed by atoms with Gasteiger partial charge in [-0.25, -0.2) is 4.79 Å². The molecule has 2 heterocycles. The van der Waals surface area contributed by atoms with Gasteiger partial charge in [0.05, 0.1) is 0 Å². The number of aromatic carboxylic acids is 1. The summed E-state index contributed by atoms with van der Waals surface area (Å²) in [5.74, 6) is -0.984. The Kier molecular flexibility index (Phi) is 4.09. The topological polar surface area (TPSA) is 76.6 Å². The third kappa shape index (κ3) is 3.07. The summed E-state index contributed by atoms with van der Waals surface area (Å²) in [7, 11) is 4.14. The number of aromatic amines is 1. The summed E-state index contributed by atoms with van der Waals surface area (Å²) in [5.41, 5.74) is 1.47. The average molecular weight is 315 g/mol. The average Bonchev–Trinajstić information content (AvgIpc) is 2.97. The van der Waals surface area contributed by atoms with E-state index in [1.165, 1.54) is 0 Å². The number of carboxylic acid groups (broad SMARTS) is 1. The van der Waals surface area contributed by atoms with Crippen molar-refractivity contribution in [3.8, 4) is 0 Å². The first-order chi connectivity index (χ1) is 11.0. The molecule has 1 aromatic carbocycles. The number of aromatic nitrogens is 1. The molecular weight excluding hydrogens is 294 g/mol. The Morgan fingerprint density at radius 1 is 1.22 bits per heavy atom. The number of benzene rings is 1. The van der Waals surface area contributed by atoms with E-state index < -0.39 is 5.97 Å². The predicted molar refractivity (Wildman–Crippen MR) is 87.9 cm³/mol. The first-order valence-electron chi connectivity index (χ1n) is 7.77. The molecule has 0 spiro atoms. The minimum Gasteiger partial charge on any atom is -0.477 e. The lowest BCUT2D eigenvalue weighted by Crippen LogP contribution is -2.44. The summed E-state index contributed by atoms with van der Waals surface area (Å²) in [4.78, 5) is 30.6. The molecule has 1 aliphatic rings. The molecule has 6 heteroatoms. The van der Waals surface area contributed by atoms with Crippen molar-refractivity contribution in [2.75, 3.05) is 27.2 Å². The molecule has 0 aliphatic carbocycles. The van der Waals surface area contributed by atoms with Gasteiger partial charge >= 0.3 is 5.97 Å². The minimum atomic E-state index is -1.00. The maximum Gasteiger partial charge on any atom is 0.352 e. The van der Waals surface area contributed by atoms with Crippen LogP contribution in [0.3, 0.4) is 0 Å². The van der Waals surface area contributed by atoms with Gasteiger partial charge in [0.2, 0.25) is 0 Å². The van der Waals surface area contributed by atoms with E-state index in [0.29, 0.717) is 11.6 Å². The number of amides is 1. The number of carboxylic acids is 1. The summed E-state index contributed by atoms with van der Waals surface area (Å²) >= 11 is 0. The number of H-pyrrole nitrogens is 1. The van der Waals surface area contributed by atoms with E-state index >= 15 is 0 Å². The van der Waals surface area contributed by atoms with E-state index in [2.05, 4.69) is 24.0 Å². The van der Waals surface area contributed by atoms with Crippen molar-refractivity contribution in [2.45, 2.75) is 18.9 Å². The van der Waals surface area contributed by atoms with Crippen LogP contribution in [0.5, 0.6) is 0 Å². The molecule has 0 unspecified atom stereocenters. The van der Waals surface area contributed by atoms with E-state index in [1.54, 1.807) is 24.3 Å². The van der Waals surface area contributed by atoms with Crippen LogP contribution in [0, 0.1) is 0 Å². The van der Waals surface area contributed by atoms with Crippen molar-refractivity contribution in [3.63, 3.8) is 0 Å². The van der Waals surface area contributed by atoms with Crippen LogP contribution in [-0.2, 0) is 0 Å². The fourth-order valence-electron chi connectivity index (χ4n) is 3.15. The van der Waals surface area contributed by atoms with E-state index in [-0.39, 0.29) is 11.6 Å². The van der Waals surface area contributed by atoms with Crippen LogP contribution in [0.15, 0.2) is 24.3 Å². The molecule has 6 nitrogen and oxygen atoms in total. The molecule has 2 N–H and O–H groups in total. The lowest BCUT2D eigenvalue weighted by atomic mass is 10.0. The Morgan fingerprint density at radius 2 is 1.91 bits per heavy atom. The standard InChI is InChI=1S/C17H21N3O3/c1-19(2)13-5-7-20(8-6-13)16(21)11-3-4-14-12(9-11)10-15(18-14)17(22)23/h3-4,9-10,13,18H,5-8H2,1-2H3,(H,22,23). The third-order valence-electron chi connectivity index (χ3n) is 4.58. The van der Waals surface area contributed by atoms with Gasteiger partial charge in [0.25, 0.3) is 5.91 Å². The van der Waals surface area contributed by atoms with Crippen LogP contribution in [0.25, 0.3) is 10.9 Å². The molecule has 1 fully saturated rings. The number of carbonyl (C=O) groups is 2. The molecule has 0 atom stereocenters. The zero-order valence-corrected chi connectivity index (χ0v) is 13.4. The molecule has 0 radical (unpaired) electrons. The Hall–Kier alpha value is -2.34. The van der Waals surface area contributed by atoms with Gasteiger partial charge in [-0.15, -0.1) is 0 Å². The van der Waals surface area contributed by atoms with Gasteiger partial charge in [-0.1, -0.05) is 0 Å². The molecule has 0 bridgehead atoms. The molecular formula is C17H21N3O3. The summed E-state index contributed by atoms with van der Waals surface area (Å²) in [6.07, 6.45) is 1.96. The molecule has 23 heavy (non-hydrogen) atoms. The lowest BCUT2D eigenvalue weighted by Gasteiger charge is -2.35. The smallest absolute Gasteiger partial charge is 0.352 e. The highest BCUT2D eigenvalue weighted by atomic mass is 16.4. The Balaban J connectivity index is 1.77. The number of fused-ring (bicyclic) bond motifs is 1. The van der Waals surface area contributed by atoms with E-state index in [4.69, 9.17) is 5.11 Å². The van der Waals surface area contributed by atoms with Crippen molar-refractivity contribution in [1.82, 2.24) is 14.8 Å². The van der Waals surface area contributed by atoms with Crippen LogP contribution in [0.2, 0.25) is 0 Å². The van der Waals surface area contributed by atoms with Crippen LogP contribution in [-0.4, -0.2) is 65.0 Å². The largest absolute Gasteiger partial charge is 0.477 e. The second kappa shape index (κ2) is 6.04. The molecule has 122 valence electrons. The van der Waals surface area contributed by atoms with Gasteiger partial charge in [-0.3, -0.25) is 4.79 Å². The number of hydrogen-bond donors (Lipinski definition) is 2. The summed E-state index contributed by atoms with van der Waals surface area (Å²) in [6.45, 7) is 1.51. The summed E-state index contributed by atoms with van der Waals surface area (Å²) < 4.78 is 0. The number of nitrogens with zero attached hydrogens (tertiary/aromatic N) is 2. The highest BCUT2D eigenvalue weighted by Crippen LogP contribution is 2.21. The summed E-state index contributed by atoms with van der Waals surface area (Å²) in [5, 5.41) is 9.77. The van der Waals surface area contributed by atoms with Crippen molar-refractivity contribution in [1.29, 1.82) is 0 Å². The van der Waals surface area contributed by atoms with E-state index in [0.717, 1.165) is 36.8 Å². The first-order valence-corrected chi connectivity index (χ1v) is 7.77. The third-order valence-corrected chi connectivity index (χ3v) is 4.58. The van der Waals surface area contributed by atoms with Crippen molar-refractivity contribution >= 4 is 22.8 Å². The monoisotopic (exact) mass is 315 g/mol. The molecule has 0 saturated carbocycles. The van der Waals surface area contributed by atoms with Gasteiger partial charge in [0.15, 0.2) is 0 Å². The Bertz CT molecular complexity index is 743. The fourth-order valence-corrected chi connectivity index (χ4v) is 3.15. The van der Waals surface area contributed by atoms with Gasteiger partial charge in [-0.2, -0.15) is 0 Å². The van der Waals surface area contributed by atoms with Gasteiger partial charge < -0.3 is 19.9 Å². The number of piperidine rings is 1. The number of hydrogen-bond acceptors (Lipinski definition) is 3. The van der Waals surface area contributed by atoms with Crippen LogP contribution < -0.4 is 0 Å². The number of rotatable bonds is 3. The van der Waals surface area contributed by atoms with Crippen molar-refractivity contribution in [2.24, 2.45) is 0 Å². The molecule has 1 amide bonds. The Labute approximate surface area is 134 Å². The van der Waals surface area contributed by atoms with E-state index in [1.807, 2.05) is 4.90 Å². The number of nitrogens with one attached hydrogen (secondary N) is 1. The second-order valence-electron chi connectivity index (χ2n) is 6.28. The van der Waals surface area contributed by atoms with Crippen LogP contribution in [0.4, 0.5) is 0 Å². The minimum absolute atomic E-state index is 0.0159. The molecule has 3 rings (SSSR count). The Morgan fingerprint density at radius 3 is 2.52 bits per heavy atom. The number of carbonyl (C=O) groups excluding carboxylic acids is 1. The molecule has 1 aliphatic heterocycles.